The second-order valence-corrected chi connectivity index (χ2v) is 8.66. The van der Waals surface area contributed by atoms with E-state index in [0.717, 1.165) is 21.8 Å². The van der Waals surface area contributed by atoms with E-state index in [1.807, 2.05) is 0 Å². The highest BCUT2D eigenvalue weighted by atomic mass is 32.1. The molecule has 3 rings (SSSR count). The Hall–Kier alpha value is -3.37. The summed E-state index contributed by atoms with van der Waals surface area (Å²) in [5.41, 5.74) is 1.79. The van der Waals surface area contributed by atoms with Gasteiger partial charge in [0, 0.05) is 10.9 Å². The number of carbonyl (C=O) groups excluding carboxylic acids is 1. The summed E-state index contributed by atoms with van der Waals surface area (Å²) in [5.74, 6) is -42.1. The molecule has 1 amide bonds. The van der Waals surface area contributed by atoms with Crippen molar-refractivity contribution in [2.75, 3.05) is 5.32 Å². The van der Waals surface area contributed by atoms with E-state index in [2.05, 4.69) is 4.98 Å². The summed E-state index contributed by atoms with van der Waals surface area (Å²) < 4.78 is 172. The zero-order valence-electron chi connectivity index (χ0n) is 18.5. The SMILES string of the molecule is O=C(Nc1nc(-c2ccc(-c3ccccc3)cc2)cs1)C(F)(F)C(F)(F)C(F)(F)C(F)(F)C(F)(F)C(F)(F)F. The van der Waals surface area contributed by atoms with Crippen molar-refractivity contribution in [2.24, 2.45) is 0 Å². The van der Waals surface area contributed by atoms with Crippen LogP contribution in [0.5, 0.6) is 0 Å². The summed E-state index contributed by atoms with van der Waals surface area (Å²) in [6, 6.07) is 15.0. The fourth-order valence-corrected chi connectivity index (χ4v) is 3.73. The number of benzene rings is 2. The van der Waals surface area contributed by atoms with Gasteiger partial charge in [-0.25, -0.2) is 4.98 Å². The minimum atomic E-state index is -8.09. The van der Waals surface area contributed by atoms with Gasteiger partial charge in [0.2, 0.25) is 0 Å². The van der Waals surface area contributed by atoms with Crippen LogP contribution in [0.1, 0.15) is 0 Å². The first-order chi connectivity index (χ1) is 17.7. The van der Waals surface area contributed by atoms with Gasteiger partial charge >= 0.3 is 41.7 Å². The largest absolute Gasteiger partial charge is 0.460 e. The first-order valence-electron chi connectivity index (χ1n) is 10.1. The highest BCUT2D eigenvalue weighted by Gasteiger charge is 2.91. The van der Waals surface area contributed by atoms with Crippen LogP contribution in [0.25, 0.3) is 22.4 Å². The zero-order chi connectivity index (χ0) is 29.7. The van der Waals surface area contributed by atoms with E-state index in [1.165, 1.54) is 12.1 Å². The first-order valence-corrected chi connectivity index (χ1v) is 10.9. The predicted octanol–water partition coefficient (Wildman–Crippen LogP) is 8.15. The standard InChI is InChI=1S/C22H11F13N2OS/c23-17(24,18(25,26)19(27,28)20(29,30)21(31,32)22(33,34)35)15(38)37-16-36-14(10-39-16)13-8-6-12(7-9-13)11-4-2-1-3-5-11/h1-10H,(H,36,37,38). The number of aromatic nitrogens is 1. The monoisotopic (exact) mass is 598 g/mol. The third kappa shape index (κ3) is 4.91. The van der Waals surface area contributed by atoms with E-state index in [9.17, 15) is 61.9 Å². The number of amides is 1. The molecule has 1 N–H and O–H groups in total. The molecule has 1 aromatic heterocycles. The van der Waals surface area contributed by atoms with Crippen molar-refractivity contribution in [1.82, 2.24) is 4.98 Å². The molecule has 1 heterocycles. The molecule has 0 atom stereocenters. The van der Waals surface area contributed by atoms with Gasteiger partial charge in [0.15, 0.2) is 5.13 Å². The lowest BCUT2D eigenvalue weighted by molar-refractivity contribution is -0.435. The molecule has 0 unspecified atom stereocenters. The van der Waals surface area contributed by atoms with Crippen molar-refractivity contribution in [3.8, 4) is 22.4 Å². The van der Waals surface area contributed by atoms with Gasteiger partial charge in [0.1, 0.15) is 0 Å². The summed E-state index contributed by atoms with van der Waals surface area (Å²) in [5, 5.41) is 1.12. The summed E-state index contributed by atoms with van der Waals surface area (Å²) in [6.07, 6.45) is -7.54. The van der Waals surface area contributed by atoms with Crippen LogP contribution in [-0.4, -0.2) is 46.7 Å². The van der Waals surface area contributed by atoms with Gasteiger partial charge in [-0.2, -0.15) is 57.1 Å². The van der Waals surface area contributed by atoms with Crippen molar-refractivity contribution in [1.29, 1.82) is 0 Å². The number of hydrogen-bond donors (Lipinski definition) is 1. The third-order valence-electron chi connectivity index (χ3n) is 5.23. The maximum atomic E-state index is 14.0. The lowest BCUT2D eigenvalue weighted by Gasteiger charge is -2.39. The fourth-order valence-electron chi connectivity index (χ4n) is 3.02. The molecule has 0 aliphatic rings. The number of halogens is 13. The van der Waals surface area contributed by atoms with Gasteiger partial charge in [-0.15, -0.1) is 11.3 Å². The fraction of sp³-hybridized carbons (Fsp3) is 0.273. The van der Waals surface area contributed by atoms with Crippen molar-refractivity contribution < 1.29 is 61.9 Å². The summed E-state index contributed by atoms with van der Waals surface area (Å²) in [6.45, 7) is 0. The summed E-state index contributed by atoms with van der Waals surface area (Å²) in [4.78, 5) is 15.3. The molecule has 0 bridgehead atoms. The molecule has 0 saturated carbocycles. The minimum absolute atomic E-state index is 0.0494. The number of thiazole rings is 1. The predicted molar refractivity (Wildman–Crippen MR) is 112 cm³/mol. The van der Waals surface area contributed by atoms with Gasteiger partial charge in [-0.1, -0.05) is 54.6 Å². The average Bonchev–Trinajstić information content (AvgIpc) is 3.32. The highest BCUT2D eigenvalue weighted by Crippen LogP contribution is 2.60. The van der Waals surface area contributed by atoms with E-state index in [-0.39, 0.29) is 5.69 Å². The maximum Gasteiger partial charge on any atom is 0.460 e. The highest BCUT2D eigenvalue weighted by molar-refractivity contribution is 7.14. The molecule has 2 aromatic carbocycles. The van der Waals surface area contributed by atoms with E-state index >= 15 is 0 Å². The van der Waals surface area contributed by atoms with Crippen molar-refractivity contribution in [2.45, 2.75) is 35.8 Å². The average molecular weight is 598 g/mol. The molecule has 0 fully saturated rings. The van der Waals surface area contributed by atoms with E-state index in [0.29, 0.717) is 16.9 Å². The van der Waals surface area contributed by atoms with Crippen LogP contribution in [-0.2, 0) is 4.79 Å². The Morgan fingerprint density at radius 3 is 1.59 bits per heavy atom. The Morgan fingerprint density at radius 2 is 1.08 bits per heavy atom. The normalized spacial score (nSPS) is 13.9. The quantitative estimate of drug-likeness (QED) is 0.266. The number of anilines is 1. The van der Waals surface area contributed by atoms with Crippen molar-refractivity contribution in [3.05, 3.63) is 60.0 Å². The molecule has 0 spiro atoms. The van der Waals surface area contributed by atoms with Gasteiger partial charge in [0.25, 0.3) is 0 Å². The molecular formula is C22H11F13N2OS. The number of carbonyl (C=O) groups is 1. The molecule has 3 aromatic rings. The van der Waals surface area contributed by atoms with Gasteiger partial charge < -0.3 is 0 Å². The molecular weight excluding hydrogens is 587 g/mol. The zero-order valence-corrected chi connectivity index (χ0v) is 19.3. The van der Waals surface area contributed by atoms with Gasteiger partial charge in [-0.05, 0) is 11.1 Å². The molecule has 0 radical (unpaired) electrons. The Bertz CT molecular complexity index is 1320. The summed E-state index contributed by atoms with van der Waals surface area (Å²) in [7, 11) is 0. The lowest BCUT2D eigenvalue weighted by atomic mass is 9.93. The van der Waals surface area contributed by atoms with E-state index in [4.69, 9.17) is 0 Å². The van der Waals surface area contributed by atoms with Crippen LogP contribution < -0.4 is 5.32 Å². The summed E-state index contributed by atoms with van der Waals surface area (Å²) >= 11 is 0.295. The van der Waals surface area contributed by atoms with Crippen LogP contribution in [0.2, 0.25) is 0 Å². The van der Waals surface area contributed by atoms with Crippen LogP contribution >= 0.6 is 11.3 Å². The molecule has 0 aliphatic heterocycles. The number of nitrogens with zero attached hydrogens (tertiary/aromatic N) is 1. The second kappa shape index (κ2) is 9.67. The van der Waals surface area contributed by atoms with Crippen molar-refractivity contribution in [3.63, 3.8) is 0 Å². The lowest BCUT2D eigenvalue weighted by Crippen LogP contribution is -2.71. The third-order valence-corrected chi connectivity index (χ3v) is 5.99. The topological polar surface area (TPSA) is 42.0 Å². The Kier molecular flexibility index (Phi) is 7.48. The maximum absolute atomic E-state index is 14.0. The Balaban J connectivity index is 1.83. The first kappa shape index (κ1) is 30.2. The number of nitrogens with one attached hydrogen (secondary N) is 1. The van der Waals surface area contributed by atoms with Crippen molar-refractivity contribution >= 4 is 22.4 Å². The smallest absolute Gasteiger partial charge is 0.296 e. The van der Waals surface area contributed by atoms with Crippen LogP contribution in [0.3, 0.4) is 0 Å². The molecule has 0 saturated heterocycles. The number of alkyl halides is 13. The van der Waals surface area contributed by atoms with E-state index < -0.39 is 46.8 Å². The molecule has 3 nitrogen and oxygen atoms in total. The van der Waals surface area contributed by atoms with Crippen LogP contribution in [0.15, 0.2) is 60.0 Å². The Labute approximate surface area is 213 Å². The second-order valence-electron chi connectivity index (χ2n) is 7.81. The molecule has 0 aliphatic carbocycles. The van der Waals surface area contributed by atoms with Gasteiger partial charge in [0.05, 0.1) is 5.69 Å². The van der Waals surface area contributed by atoms with Gasteiger partial charge in [-0.3, -0.25) is 10.1 Å². The molecule has 39 heavy (non-hydrogen) atoms. The van der Waals surface area contributed by atoms with Crippen LogP contribution in [0.4, 0.5) is 62.2 Å². The Morgan fingerprint density at radius 1 is 0.615 bits per heavy atom. The molecule has 212 valence electrons. The number of rotatable bonds is 8. The molecule has 17 heteroatoms. The van der Waals surface area contributed by atoms with Crippen LogP contribution in [0, 0.1) is 0 Å². The minimum Gasteiger partial charge on any atom is -0.296 e. The van der Waals surface area contributed by atoms with E-state index in [1.54, 1.807) is 42.5 Å². The number of hydrogen-bond acceptors (Lipinski definition) is 3.